The van der Waals surface area contributed by atoms with Gasteiger partial charge in [-0.25, -0.2) is 9.97 Å². The normalized spacial score (nSPS) is 11.2. The molecule has 0 unspecified atom stereocenters. The Bertz CT molecular complexity index is 868. The molecule has 0 bridgehead atoms. The van der Waals surface area contributed by atoms with E-state index in [1.807, 2.05) is 66.7 Å². The third-order valence-electron chi connectivity index (χ3n) is 3.72. The van der Waals surface area contributed by atoms with Crippen LogP contribution < -0.4 is 0 Å². The number of rotatable bonds is 5. The van der Waals surface area contributed by atoms with Gasteiger partial charge in [0, 0.05) is 16.7 Å². The maximum absolute atomic E-state index is 4.77. The first kappa shape index (κ1) is 17.1. The minimum atomic E-state index is 0.621. The molecule has 0 amide bonds. The number of aromatic nitrogens is 2. The van der Waals surface area contributed by atoms with Gasteiger partial charge in [0.1, 0.15) is 0 Å². The van der Waals surface area contributed by atoms with E-state index in [2.05, 4.69) is 29.1 Å². The highest BCUT2D eigenvalue weighted by molar-refractivity contribution is 9.10. The molecule has 3 rings (SSSR count). The zero-order chi connectivity index (χ0) is 17.6. The minimum Gasteiger partial charge on any atom is -0.227 e. The SMILES string of the molecule is C=C/C=C(\C=C)c1nc(-c2ccccc2)c(Br)c(-c2ccccc2)n1. The van der Waals surface area contributed by atoms with Gasteiger partial charge in [-0.05, 0) is 15.9 Å². The van der Waals surface area contributed by atoms with Gasteiger partial charge in [-0.3, -0.25) is 0 Å². The molecule has 2 aromatic carbocycles. The molecule has 1 aromatic heterocycles. The van der Waals surface area contributed by atoms with Gasteiger partial charge in [-0.15, -0.1) is 0 Å². The summed E-state index contributed by atoms with van der Waals surface area (Å²) in [7, 11) is 0. The maximum atomic E-state index is 4.77. The summed E-state index contributed by atoms with van der Waals surface area (Å²) in [5.74, 6) is 0.621. The predicted octanol–water partition coefficient (Wildman–Crippen LogP) is 6.33. The summed E-state index contributed by atoms with van der Waals surface area (Å²) in [5.41, 5.74) is 4.58. The topological polar surface area (TPSA) is 25.8 Å². The summed E-state index contributed by atoms with van der Waals surface area (Å²) in [6.07, 6.45) is 5.32. The van der Waals surface area contributed by atoms with Crippen LogP contribution in [-0.2, 0) is 0 Å². The fourth-order valence-corrected chi connectivity index (χ4v) is 3.15. The number of halogens is 1. The molecular weight excluding hydrogens is 372 g/mol. The third kappa shape index (κ3) is 3.67. The van der Waals surface area contributed by atoms with Crippen molar-refractivity contribution in [1.82, 2.24) is 9.97 Å². The molecule has 0 fully saturated rings. The minimum absolute atomic E-state index is 0.621. The number of allylic oxidation sites excluding steroid dienone is 4. The zero-order valence-electron chi connectivity index (χ0n) is 13.7. The molecule has 0 atom stereocenters. The Morgan fingerprint density at radius 2 is 1.28 bits per heavy atom. The summed E-state index contributed by atoms with van der Waals surface area (Å²) in [5, 5.41) is 0. The van der Waals surface area contributed by atoms with E-state index >= 15 is 0 Å². The van der Waals surface area contributed by atoms with E-state index in [0.717, 1.165) is 32.6 Å². The first-order valence-corrected chi connectivity index (χ1v) is 8.67. The molecule has 0 saturated carbocycles. The molecule has 25 heavy (non-hydrogen) atoms. The van der Waals surface area contributed by atoms with Crippen LogP contribution in [0.5, 0.6) is 0 Å². The van der Waals surface area contributed by atoms with Crippen molar-refractivity contribution in [2.75, 3.05) is 0 Å². The van der Waals surface area contributed by atoms with Crippen LogP contribution in [0.3, 0.4) is 0 Å². The van der Waals surface area contributed by atoms with E-state index in [1.165, 1.54) is 0 Å². The predicted molar refractivity (Wildman–Crippen MR) is 109 cm³/mol. The van der Waals surface area contributed by atoms with Crippen LogP contribution in [0.4, 0.5) is 0 Å². The molecule has 0 aliphatic rings. The Morgan fingerprint density at radius 3 is 1.68 bits per heavy atom. The average Bonchev–Trinajstić information content (AvgIpc) is 2.68. The Labute approximate surface area is 156 Å². The lowest BCUT2D eigenvalue weighted by Gasteiger charge is -2.12. The van der Waals surface area contributed by atoms with Gasteiger partial charge in [0.25, 0.3) is 0 Å². The molecule has 2 nitrogen and oxygen atoms in total. The van der Waals surface area contributed by atoms with Gasteiger partial charge in [-0.2, -0.15) is 0 Å². The highest BCUT2D eigenvalue weighted by Crippen LogP contribution is 2.35. The van der Waals surface area contributed by atoms with Crippen LogP contribution in [0, 0.1) is 0 Å². The van der Waals surface area contributed by atoms with E-state index in [9.17, 15) is 0 Å². The van der Waals surface area contributed by atoms with Crippen molar-refractivity contribution in [2.24, 2.45) is 0 Å². The monoisotopic (exact) mass is 388 g/mol. The highest BCUT2D eigenvalue weighted by atomic mass is 79.9. The fraction of sp³-hybridized carbons (Fsp3) is 0. The van der Waals surface area contributed by atoms with Crippen LogP contribution in [0.25, 0.3) is 28.1 Å². The quantitative estimate of drug-likeness (QED) is 0.477. The zero-order valence-corrected chi connectivity index (χ0v) is 15.3. The molecule has 0 aliphatic heterocycles. The second-order valence-corrected chi connectivity index (χ2v) is 6.15. The van der Waals surface area contributed by atoms with E-state index in [-0.39, 0.29) is 0 Å². The molecule has 0 saturated heterocycles. The summed E-state index contributed by atoms with van der Waals surface area (Å²) < 4.78 is 0.871. The molecule has 0 aliphatic carbocycles. The van der Waals surface area contributed by atoms with Crippen molar-refractivity contribution in [3.8, 4) is 22.5 Å². The third-order valence-corrected chi connectivity index (χ3v) is 4.47. The molecule has 122 valence electrons. The van der Waals surface area contributed by atoms with Gasteiger partial charge in [0.15, 0.2) is 5.82 Å². The van der Waals surface area contributed by atoms with Crippen LogP contribution in [0.1, 0.15) is 5.82 Å². The van der Waals surface area contributed by atoms with Crippen molar-refractivity contribution in [3.63, 3.8) is 0 Å². The number of hydrogen-bond donors (Lipinski definition) is 0. The summed E-state index contributed by atoms with van der Waals surface area (Å²) in [6, 6.07) is 20.1. The molecule has 3 aromatic rings. The second kappa shape index (κ2) is 7.86. The molecule has 0 spiro atoms. The van der Waals surface area contributed by atoms with Gasteiger partial charge < -0.3 is 0 Å². The Kier molecular flexibility index (Phi) is 5.36. The number of hydrogen-bond acceptors (Lipinski definition) is 2. The van der Waals surface area contributed by atoms with E-state index < -0.39 is 0 Å². The Balaban J connectivity index is 2.30. The Hall–Kier alpha value is -2.78. The van der Waals surface area contributed by atoms with Crippen LogP contribution in [0.15, 0.2) is 96.5 Å². The van der Waals surface area contributed by atoms with Crippen molar-refractivity contribution in [2.45, 2.75) is 0 Å². The smallest absolute Gasteiger partial charge is 0.160 e. The van der Waals surface area contributed by atoms with E-state index in [4.69, 9.17) is 9.97 Å². The fourth-order valence-electron chi connectivity index (χ4n) is 2.51. The Morgan fingerprint density at radius 1 is 0.800 bits per heavy atom. The van der Waals surface area contributed by atoms with Gasteiger partial charge in [-0.1, -0.05) is 92.0 Å². The summed E-state index contributed by atoms with van der Waals surface area (Å²) in [6.45, 7) is 7.64. The summed E-state index contributed by atoms with van der Waals surface area (Å²) in [4.78, 5) is 9.55. The molecule has 0 radical (unpaired) electrons. The lowest BCUT2D eigenvalue weighted by Crippen LogP contribution is -2.00. The van der Waals surface area contributed by atoms with Crippen LogP contribution >= 0.6 is 15.9 Å². The first-order valence-electron chi connectivity index (χ1n) is 7.88. The van der Waals surface area contributed by atoms with Crippen LogP contribution in [-0.4, -0.2) is 9.97 Å². The first-order chi connectivity index (χ1) is 12.2. The van der Waals surface area contributed by atoms with Crippen molar-refractivity contribution >= 4 is 21.5 Å². The van der Waals surface area contributed by atoms with Crippen molar-refractivity contribution in [1.29, 1.82) is 0 Å². The average molecular weight is 389 g/mol. The lowest BCUT2D eigenvalue weighted by molar-refractivity contribution is 1.12. The summed E-state index contributed by atoms with van der Waals surface area (Å²) >= 11 is 3.71. The lowest BCUT2D eigenvalue weighted by atomic mass is 10.1. The van der Waals surface area contributed by atoms with Crippen molar-refractivity contribution in [3.05, 3.63) is 102 Å². The van der Waals surface area contributed by atoms with Gasteiger partial charge >= 0.3 is 0 Å². The van der Waals surface area contributed by atoms with Crippen LogP contribution in [0.2, 0.25) is 0 Å². The maximum Gasteiger partial charge on any atom is 0.160 e. The standard InChI is InChI=1S/C22H17BrN2/c1-3-11-16(4-2)22-24-20(17-12-7-5-8-13-17)19(23)21(25-22)18-14-9-6-10-15-18/h3-15H,1-2H2/b16-11+. The van der Waals surface area contributed by atoms with Crippen molar-refractivity contribution < 1.29 is 0 Å². The molecular formula is C22H17BrN2. The number of nitrogens with zero attached hydrogens (tertiary/aromatic N) is 2. The van der Waals surface area contributed by atoms with E-state index in [0.29, 0.717) is 5.82 Å². The van der Waals surface area contributed by atoms with E-state index in [1.54, 1.807) is 12.2 Å². The van der Waals surface area contributed by atoms with Gasteiger partial charge in [0.2, 0.25) is 0 Å². The second-order valence-electron chi connectivity index (χ2n) is 5.35. The molecule has 3 heteroatoms. The largest absolute Gasteiger partial charge is 0.227 e. The molecule has 0 N–H and O–H groups in total. The number of benzene rings is 2. The van der Waals surface area contributed by atoms with Gasteiger partial charge in [0.05, 0.1) is 15.9 Å². The highest BCUT2D eigenvalue weighted by Gasteiger charge is 2.16. The molecule has 1 heterocycles.